The third-order valence-corrected chi connectivity index (χ3v) is 4.80. The lowest BCUT2D eigenvalue weighted by Gasteiger charge is -2.35. The first-order chi connectivity index (χ1) is 10.1. The van der Waals surface area contributed by atoms with Gasteiger partial charge in [-0.25, -0.2) is 0 Å². The van der Waals surface area contributed by atoms with Crippen molar-refractivity contribution in [3.63, 3.8) is 0 Å². The van der Waals surface area contributed by atoms with Crippen LogP contribution in [-0.4, -0.2) is 11.6 Å². The lowest BCUT2D eigenvalue weighted by molar-refractivity contribution is 0.0875. The van der Waals surface area contributed by atoms with Gasteiger partial charge >= 0.3 is 0 Å². The largest absolute Gasteiger partial charge is 0.293 e. The summed E-state index contributed by atoms with van der Waals surface area (Å²) in [4.78, 5) is 25.6. The molecule has 21 heavy (non-hydrogen) atoms. The first kappa shape index (κ1) is 12.5. The van der Waals surface area contributed by atoms with Crippen molar-refractivity contribution in [1.29, 1.82) is 0 Å². The Labute approximate surface area is 123 Å². The summed E-state index contributed by atoms with van der Waals surface area (Å²) in [5, 5.41) is 0. The molecule has 2 bridgehead atoms. The van der Waals surface area contributed by atoms with Crippen molar-refractivity contribution in [1.82, 2.24) is 0 Å². The highest BCUT2D eigenvalue weighted by Crippen LogP contribution is 2.47. The van der Waals surface area contributed by atoms with E-state index >= 15 is 0 Å². The molecule has 0 saturated carbocycles. The molecule has 2 atom stereocenters. The fraction of sp³-hybridized carbons (Fsp3) is 0.263. The van der Waals surface area contributed by atoms with Crippen LogP contribution in [-0.2, 0) is 0 Å². The summed E-state index contributed by atoms with van der Waals surface area (Å²) < 4.78 is 0. The van der Waals surface area contributed by atoms with Crippen molar-refractivity contribution in [2.45, 2.75) is 32.1 Å². The zero-order chi connectivity index (χ0) is 14.7. The summed E-state index contributed by atoms with van der Waals surface area (Å²) in [6.45, 7) is 3.97. The van der Waals surface area contributed by atoms with E-state index in [9.17, 15) is 9.59 Å². The molecule has 2 aromatic carbocycles. The summed E-state index contributed by atoms with van der Waals surface area (Å²) in [6, 6.07) is 11.8. The molecule has 104 valence electrons. The monoisotopic (exact) mass is 276 g/mol. The Morgan fingerprint density at radius 3 is 1.62 bits per heavy atom. The number of carbonyl (C=O) groups is 2. The van der Waals surface area contributed by atoms with Crippen LogP contribution in [0.4, 0.5) is 0 Å². The molecule has 2 aliphatic rings. The Hall–Kier alpha value is -2.22. The summed E-state index contributed by atoms with van der Waals surface area (Å²) in [5.74, 6) is 0.0281. The lowest BCUT2D eigenvalue weighted by Crippen LogP contribution is -2.34. The molecule has 0 radical (unpaired) electrons. The molecule has 0 unspecified atom stereocenters. The van der Waals surface area contributed by atoms with Gasteiger partial charge in [0.05, 0.1) is 0 Å². The number of aryl methyl sites for hydroxylation is 2. The van der Waals surface area contributed by atoms with E-state index in [1.54, 1.807) is 0 Å². The van der Waals surface area contributed by atoms with Crippen molar-refractivity contribution < 1.29 is 9.59 Å². The van der Waals surface area contributed by atoms with Crippen molar-refractivity contribution >= 4 is 11.6 Å². The van der Waals surface area contributed by atoms with Gasteiger partial charge in [-0.15, -0.1) is 0 Å². The summed E-state index contributed by atoms with van der Waals surface area (Å²) in [5.41, 5.74) is 5.46. The average Bonchev–Trinajstić information content (AvgIpc) is 2.47. The van der Waals surface area contributed by atoms with Crippen LogP contribution in [0.15, 0.2) is 36.4 Å². The molecule has 0 fully saturated rings. The highest BCUT2D eigenvalue weighted by Gasteiger charge is 2.43. The van der Waals surface area contributed by atoms with Gasteiger partial charge in [0.1, 0.15) is 0 Å². The van der Waals surface area contributed by atoms with Gasteiger partial charge in [0.15, 0.2) is 11.6 Å². The first-order valence-corrected chi connectivity index (χ1v) is 7.36. The van der Waals surface area contributed by atoms with Crippen molar-refractivity contribution in [3.8, 4) is 0 Å². The highest BCUT2D eigenvalue weighted by atomic mass is 16.1. The number of hydrogen-bond donors (Lipinski definition) is 0. The van der Waals surface area contributed by atoms with Gasteiger partial charge in [-0.2, -0.15) is 0 Å². The van der Waals surface area contributed by atoms with E-state index in [0.29, 0.717) is 6.42 Å². The van der Waals surface area contributed by atoms with Crippen LogP contribution in [0.3, 0.4) is 0 Å². The molecule has 2 aliphatic carbocycles. The molecule has 2 heteroatoms. The molecule has 2 nitrogen and oxygen atoms in total. The van der Waals surface area contributed by atoms with Crippen LogP contribution in [0.25, 0.3) is 0 Å². The highest BCUT2D eigenvalue weighted by molar-refractivity contribution is 6.13. The predicted molar refractivity (Wildman–Crippen MR) is 81.1 cm³/mol. The van der Waals surface area contributed by atoms with E-state index < -0.39 is 0 Å². The van der Waals surface area contributed by atoms with Gasteiger partial charge in [0, 0.05) is 23.0 Å². The Bertz CT molecular complexity index is 734. The van der Waals surface area contributed by atoms with Crippen LogP contribution in [0.1, 0.15) is 61.2 Å². The van der Waals surface area contributed by atoms with E-state index in [0.717, 1.165) is 33.4 Å². The molecular weight excluding hydrogens is 260 g/mol. The van der Waals surface area contributed by atoms with Crippen LogP contribution >= 0.6 is 0 Å². The van der Waals surface area contributed by atoms with Crippen LogP contribution < -0.4 is 0 Å². The number of Topliss-reactive ketones (excluding diaryl/α,β-unsaturated/α-hetero) is 2. The normalized spacial score (nSPS) is 22.8. The zero-order valence-corrected chi connectivity index (χ0v) is 12.1. The van der Waals surface area contributed by atoms with Gasteiger partial charge in [-0.3, -0.25) is 9.59 Å². The van der Waals surface area contributed by atoms with E-state index in [-0.39, 0.29) is 23.4 Å². The van der Waals surface area contributed by atoms with E-state index in [1.807, 2.05) is 50.2 Å². The van der Waals surface area contributed by atoms with Crippen LogP contribution in [0.2, 0.25) is 0 Å². The van der Waals surface area contributed by atoms with Crippen molar-refractivity contribution in [2.75, 3.05) is 0 Å². The minimum atomic E-state index is -0.155. The number of rotatable bonds is 0. The van der Waals surface area contributed by atoms with Crippen molar-refractivity contribution in [3.05, 3.63) is 69.8 Å². The Morgan fingerprint density at radius 1 is 0.762 bits per heavy atom. The summed E-state index contributed by atoms with van der Waals surface area (Å²) in [6.07, 6.45) is 0.629. The smallest absolute Gasteiger partial charge is 0.170 e. The maximum Gasteiger partial charge on any atom is 0.170 e. The number of fused-ring (bicyclic) bond motifs is 6. The molecular formula is C19H16O2. The second-order valence-electron chi connectivity index (χ2n) is 6.25. The van der Waals surface area contributed by atoms with Gasteiger partial charge in [0.2, 0.25) is 0 Å². The maximum atomic E-state index is 12.8. The third-order valence-electron chi connectivity index (χ3n) is 4.80. The fourth-order valence-corrected chi connectivity index (χ4v) is 3.74. The molecule has 0 amide bonds. The van der Waals surface area contributed by atoms with Crippen molar-refractivity contribution in [2.24, 2.45) is 0 Å². The lowest BCUT2D eigenvalue weighted by atomic mass is 9.65. The van der Waals surface area contributed by atoms with Gasteiger partial charge in [0.25, 0.3) is 0 Å². The molecule has 0 aromatic heterocycles. The van der Waals surface area contributed by atoms with Crippen LogP contribution in [0.5, 0.6) is 0 Å². The van der Waals surface area contributed by atoms with E-state index in [1.165, 1.54) is 0 Å². The second kappa shape index (κ2) is 4.14. The SMILES string of the molecule is Cc1ccc2c(c1)C(=O)[C@H]1C[C@@H]2C(=O)c2cc(C)ccc21. The molecule has 0 heterocycles. The third kappa shape index (κ3) is 1.65. The molecule has 2 aromatic rings. The first-order valence-electron chi connectivity index (χ1n) is 7.36. The van der Waals surface area contributed by atoms with Gasteiger partial charge in [-0.1, -0.05) is 35.4 Å². The molecule has 4 rings (SSSR count). The fourth-order valence-electron chi connectivity index (χ4n) is 3.74. The summed E-state index contributed by atoms with van der Waals surface area (Å²) in [7, 11) is 0. The Morgan fingerprint density at radius 2 is 1.19 bits per heavy atom. The molecule has 0 saturated heterocycles. The van der Waals surface area contributed by atoms with Crippen LogP contribution in [0, 0.1) is 13.8 Å². The summed E-state index contributed by atoms with van der Waals surface area (Å²) >= 11 is 0. The molecule has 0 spiro atoms. The van der Waals surface area contributed by atoms with Gasteiger partial charge in [-0.05, 0) is 43.5 Å². The number of benzene rings is 2. The minimum absolute atomic E-state index is 0.155. The molecule has 0 aliphatic heterocycles. The Kier molecular flexibility index (Phi) is 2.47. The Balaban J connectivity index is 1.98. The van der Waals surface area contributed by atoms with E-state index in [2.05, 4.69) is 0 Å². The number of ketones is 2. The minimum Gasteiger partial charge on any atom is -0.293 e. The molecule has 0 N–H and O–H groups in total. The van der Waals surface area contributed by atoms with E-state index in [4.69, 9.17) is 0 Å². The van der Waals surface area contributed by atoms with Gasteiger partial charge < -0.3 is 0 Å². The topological polar surface area (TPSA) is 34.1 Å². The average molecular weight is 276 g/mol. The number of carbonyl (C=O) groups excluding carboxylic acids is 2. The quantitative estimate of drug-likeness (QED) is 0.730. The second-order valence-corrected chi connectivity index (χ2v) is 6.25. The zero-order valence-electron chi connectivity index (χ0n) is 12.1. The standard InChI is InChI=1S/C19H16O2/c1-10-3-5-12-14(7-10)18(20)17-9-16(12)19(21)15-8-11(2)4-6-13(15)17/h3-8,16-17H,9H2,1-2H3/t16-,17-/m0/s1. The predicted octanol–water partition coefficient (Wildman–Crippen LogP) is 3.95. The number of hydrogen-bond acceptors (Lipinski definition) is 2. The maximum absolute atomic E-state index is 12.8.